The zero-order valence-corrected chi connectivity index (χ0v) is 17.0. The number of benzene rings is 1. The van der Waals surface area contributed by atoms with E-state index < -0.39 is 0 Å². The first-order chi connectivity index (χ1) is 14.1. The van der Waals surface area contributed by atoms with Crippen LogP contribution >= 0.6 is 11.3 Å². The molecule has 8 heteroatoms. The number of aromatic nitrogens is 3. The molecule has 2 amide bonds. The average molecular weight is 410 g/mol. The predicted molar refractivity (Wildman–Crippen MR) is 113 cm³/mol. The SMILES string of the molecule is Cn1cc(-c2nc(C(=O)NCc3cccc(NC(=O)C4CCCC4)c3)cs2)cn1. The van der Waals surface area contributed by atoms with Crippen molar-refractivity contribution in [3.8, 4) is 10.6 Å². The number of thiazole rings is 1. The third-order valence-corrected chi connectivity index (χ3v) is 5.95. The van der Waals surface area contributed by atoms with E-state index >= 15 is 0 Å². The van der Waals surface area contributed by atoms with Crippen molar-refractivity contribution in [2.24, 2.45) is 13.0 Å². The lowest BCUT2D eigenvalue weighted by molar-refractivity contribution is -0.119. The maximum absolute atomic E-state index is 12.4. The molecule has 2 heterocycles. The van der Waals surface area contributed by atoms with Gasteiger partial charge in [0.2, 0.25) is 5.91 Å². The average Bonchev–Trinajstić information content (AvgIpc) is 3.47. The highest BCUT2D eigenvalue weighted by molar-refractivity contribution is 7.13. The highest BCUT2D eigenvalue weighted by Crippen LogP contribution is 2.26. The number of aryl methyl sites for hydroxylation is 1. The van der Waals surface area contributed by atoms with Crippen LogP contribution in [0, 0.1) is 5.92 Å². The maximum atomic E-state index is 12.4. The Bertz CT molecular complexity index is 1020. The molecule has 1 saturated carbocycles. The maximum Gasteiger partial charge on any atom is 0.271 e. The Morgan fingerprint density at radius 3 is 2.86 bits per heavy atom. The van der Waals surface area contributed by atoms with E-state index in [1.165, 1.54) is 11.3 Å². The normalized spacial score (nSPS) is 14.1. The van der Waals surface area contributed by atoms with Gasteiger partial charge in [0, 0.05) is 42.3 Å². The van der Waals surface area contributed by atoms with E-state index in [4.69, 9.17) is 0 Å². The second kappa shape index (κ2) is 8.57. The van der Waals surface area contributed by atoms with Gasteiger partial charge in [0.15, 0.2) is 0 Å². The molecule has 1 aliphatic rings. The highest BCUT2D eigenvalue weighted by atomic mass is 32.1. The van der Waals surface area contributed by atoms with Gasteiger partial charge in [-0.05, 0) is 30.5 Å². The van der Waals surface area contributed by atoms with Crippen LogP contribution < -0.4 is 10.6 Å². The summed E-state index contributed by atoms with van der Waals surface area (Å²) in [6.45, 7) is 0.367. The summed E-state index contributed by atoms with van der Waals surface area (Å²) in [7, 11) is 1.84. The van der Waals surface area contributed by atoms with Gasteiger partial charge in [-0.15, -0.1) is 11.3 Å². The molecule has 7 nitrogen and oxygen atoms in total. The smallest absolute Gasteiger partial charge is 0.271 e. The highest BCUT2D eigenvalue weighted by Gasteiger charge is 2.22. The van der Waals surface area contributed by atoms with Crippen LogP contribution in [0.3, 0.4) is 0 Å². The lowest BCUT2D eigenvalue weighted by atomic mass is 10.1. The minimum Gasteiger partial charge on any atom is -0.347 e. The Balaban J connectivity index is 1.34. The summed E-state index contributed by atoms with van der Waals surface area (Å²) in [5, 5.41) is 12.5. The van der Waals surface area contributed by atoms with Gasteiger partial charge in [-0.2, -0.15) is 5.10 Å². The van der Waals surface area contributed by atoms with Crippen molar-refractivity contribution < 1.29 is 9.59 Å². The molecular weight excluding hydrogens is 386 g/mol. The molecule has 3 aromatic rings. The molecule has 2 aromatic heterocycles. The van der Waals surface area contributed by atoms with Crippen LogP contribution in [0.2, 0.25) is 0 Å². The molecule has 2 N–H and O–H groups in total. The second-order valence-corrected chi connectivity index (χ2v) is 8.15. The molecule has 1 aromatic carbocycles. The van der Waals surface area contributed by atoms with Gasteiger partial charge in [-0.25, -0.2) is 4.98 Å². The van der Waals surface area contributed by atoms with Gasteiger partial charge >= 0.3 is 0 Å². The van der Waals surface area contributed by atoms with Crippen molar-refractivity contribution in [2.45, 2.75) is 32.2 Å². The standard InChI is InChI=1S/C21H23N5O2S/c1-26-12-16(11-23-26)21-25-18(13-29-21)20(28)22-10-14-5-4-8-17(9-14)24-19(27)15-6-2-3-7-15/h4-5,8-9,11-13,15H,2-3,6-7,10H2,1H3,(H,22,28)(H,24,27). The fourth-order valence-corrected chi connectivity index (χ4v) is 4.28. The predicted octanol–water partition coefficient (Wildman–Crippen LogP) is 3.60. The van der Waals surface area contributed by atoms with E-state index in [1.54, 1.807) is 16.3 Å². The zero-order chi connectivity index (χ0) is 20.2. The lowest BCUT2D eigenvalue weighted by Gasteiger charge is -2.11. The van der Waals surface area contributed by atoms with Crippen molar-refractivity contribution in [3.05, 3.63) is 53.3 Å². The van der Waals surface area contributed by atoms with Crippen LogP contribution in [0.4, 0.5) is 5.69 Å². The van der Waals surface area contributed by atoms with Crippen LogP contribution in [-0.4, -0.2) is 26.6 Å². The number of rotatable bonds is 6. The van der Waals surface area contributed by atoms with E-state index in [9.17, 15) is 9.59 Å². The Hall–Kier alpha value is -3.00. The van der Waals surface area contributed by atoms with E-state index in [0.717, 1.165) is 47.5 Å². The topological polar surface area (TPSA) is 88.9 Å². The molecule has 0 unspecified atom stereocenters. The molecule has 150 valence electrons. The van der Waals surface area contributed by atoms with Crippen LogP contribution in [0.25, 0.3) is 10.6 Å². The van der Waals surface area contributed by atoms with Crippen LogP contribution in [-0.2, 0) is 18.4 Å². The van der Waals surface area contributed by atoms with Crippen LogP contribution in [0.1, 0.15) is 41.7 Å². The lowest BCUT2D eigenvalue weighted by Crippen LogP contribution is -2.23. The molecule has 0 atom stereocenters. The molecule has 1 aliphatic carbocycles. The number of carbonyl (C=O) groups is 2. The first-order valence-corrected chi connectivity index (χ1v) is 10.6. The van der Waals surface area contributed by atoms with Crippen molar-refractivity contribution in [1.29, 1.82) is 0 Å². The molecule has 4 rings (SSSR count). The third kappa shape index (κ3) is 4.71. The largest absolute Gasteiger partial charge is 0.347 e. The third-order valence-electron chi connectivity index (χ3n) is 5.06. The Kier molecular flexibility index (Phi) is 5.71. The molecule has 0 radical (unpaired) electrons. The second-order valence-electron chi connectivity index (χ2n) is 7.29. The van der Waals surface area contributed by atoms with E-state index in [-0.39, 0.29) is 17.7 Å². The molecule has 0 bridgehead atoms. The fourth-order valence-electron chi connectivity index (χ4n) is 3.51. The van der Waals surface area contributed by atoms with E-state index in [1.807, 2.05) is 37.5 Å². The molecule has 0 aliphatic heterocycles. The summed E-state index contributed by atoms with van der Waals surface area (Å²) < 4.78 is 1.70. The molecule has 0 spiro atoms. The van der Waals surface area contributed by atoms with E-state index in [0.29, 0.717) is 12.2 Å². The quantitative estimate of drug-likeness (QED) is 0.651. The number of anilines is 1. The Morgan fingerprint density at radius 1 is 1.28 bits per heavy atom. The molecule has 0 saturated heterocycles. The van der Waals surface area contributed by atoms with Crippen LogP contribution in [0.5, 0.6) is 0 Å². The molecular formula is C21H23N5O2S. The Labute approximate surface area is 173 Å². The van der Waals surface area contributed by atoms with Crippen LogP contribution in [0.15, 0.2) is 42.0 Å². The summed E-state index contributed by atoms with van der Waals surface area (Å²) in [5.41, 5.74) is 2.97. The molecule has 1 fully saturated rings. The summed E-state index contributed by atoms with van der Waals surface area (Å²) in [6, 6.07) is 7.58. The zero-order valence-electron chi connectivity index (χ0n) is 16.2. The van der Waals surface area contributed by atoms with Gasteiger partial charge in [0.1, 0.15) is 10.7 Å². The van der Waals surface area contributed by atoms with Gasteiger partial charge in [0.25, 0.3) is 5.91 Å². The summed E-state index contributed by atoms with van der Waals surface area (Å²) >= 11 is 1.41. The van der Waals surface area contributed by atoms with Crippen molar-refractivity contribution >= 4 is 28.8 Å². The van der Waals surface area contributed by atoms with Gasteiger partial charge in [0.05, 0.1) is 6.20 Å². The minimum atomic E-state index is -0.225. The monoisotopic (exact) mass is 409 g/mol. The number of hydrogen-bond acceptors (Lipinski definition) is 5. The van der Waals surface area contributed by atoms with E-state index in [2.05, 4.69) is 20.7 Å². The fraction of sp³-hybridized carbons (Fsp3) is 0.333. The minimum absolute atomic E-state index is 0.0917. The number of nitrogens with one attached hydrogen (secondary N) is 2. The first-order valence-electron chi connectivity index (χ1n) is 9.71. The molecule has 29 heavy (non-hydrogen) atoms. The van der Waals surface area contributed by atoms with Gasteiger partial charge in [-0.1, -0.05) is 25.0 Å². The summed E-state index contributed by atoms with van der Waals surface area (Å²) in [6.07, 6.45) is 7.79. The van der Waals surface area contributed by atoms with Gasteiger partial charge in [-0.3, -0.25) is 14.3 Å². The number of hydrogen-bond donors (Lipinski definition) is 2. The summed E-state index contributed by atoms with van der Waals surface area (Å²) in [5.74, 6) is -0.0112. The van der Waals surface area contributed by atoms with Gasteiger partial charge < -0.3 is 10.6 Å². The number of amides is 2. The number of carbonyl (C=O) groups excluding carboxylic acids is 2. The van der Waals surface area contributed by atoms with Crippen molar-refractivity contribution in [2.75, 3.05) is 5.32 Å². The van der Waals surface area contributed by atoms with Crippen molar-refractivity contribution in [1.82, 2.24) is 20.1 Å². The Morgan fingerprint density at radius 2 is 2.10 bits per heavy atom. The summed E-state index contributed by atoms with van der Waals surface area (Å²) in [4.78, 5) is 29.2. The number of nitrogens with zero attached hydrogens (tertiary/aromatic N) is 3. The first kappa shape index (κ1) is 19.3. The van der Waals surface area contributed by atoms with Crippen molar-refractivity contribution in [3.63, 3.8) is 0 Å².